The van der Waals surface area contributed by atoms with Crippen molar-refractivity contribution in [1.29, 1.82) is 0 Å². The lowest BCUT2D eigenvalue weighted by atomic mass is 10.1. The second kappa shape index (κ2) is 9.42. The fourth-order valence-electron chi connectivity index (χ4n) is 2.70. The maximum absolute atomic E-state index is 4.70. The third-order valence-electron chi connectivity index (χ3n) is 3.98. The van der Waals surface area contributed by atoms with Crippen molar-refractivity contribution >= 4 is 5.96 Å². The van der Waals surface area contributed by atoms with Crippen LogP contribution in [-0.4, -0.2) is 28.6 Å². The highest BCUT2D eigenvalue weighted by Crippen LogP contribution is 2.18. The van der Waals surface area contributed by atoms with E-state index in [1.807, 2.05) is 36.5 Å². The van der Waals surface area contributed by atoms with Crippen LogP contribution in [-0.2, 0) is 13.1 Å². The van der Waals surface area contributed by atoms with Gasteiger partial charge in [0.1, 0.15) is 0 Å². The van der Waals surface area contributed by atoms with Gasteiger partial charge >= 0.3 is 0 Å². The Morgan fingerprint density at radius 2 is 1.92 bits per heavy atom. The average molecular weight is 347 g/mol. The van der Waals surface area contributed by atoms with E-state index in [1.165, 1.54) is 0 Å². The Hall–Kier alpha value is -3.08. The molecule has 1 aromatic carbocycles. The van der Waals surface area contributed by atoms with E-state index in [0.29, 0.717) is 6.54 Å². The van der Waals surface area contributed by atoms with Crippen molar-refractivity contribution in [1.82, 2.24) is 20.2 Å². The lowest BCUT2D eigenvalue weighted by Gasteiger charge is -2.12. The summed E-state index contributed by atoms with van der Waals surface area (Å²) in [6.45, 7) is 5.27. The lowest BCUT2D eigenvalue weighted by molar-refractivity contribution is 0.666. The Balaban J connectivity index is 1.61. The third-order valence-corrected chi connectivity index (χ3v) is 3.98. The molecular weight excluding hydrogens is 322 g/mol. The van der Waals surface area contributed by atoms with Gasteiger partial charge in [0.05, 0.1) is 12.2 Å². The summed E-state index contributed by atoms with van der Waals surface area (Å²) < 4.78 is 2.15. The van der Waals surface area contributed by atoms with E-state index in [9.17, 15) is 0 Å². The second-order valence-corrected chi connectivity index (χ2v) is 5.96. The van der Waals surface area contributed by atoms with E-state index in [1.54, 1.807) is 0 Å². The van der Waals surface area contributed by atoms with Crippen molar-refractivity contribution < 1.29 is 0 Å². The molecule has 0 saturated heterocycles. The zero-order chi connectivity index (χ0) is 18.0. The summed E-state index contributed by atoms with van der Waals surface area (Å²) in [6, 6.07) is 18.4. The Morgan fingerprint density at radius 1 is 1.04 bits per heavy atom. The number of nitrogens with one attached hydrogen (secondary N) is 2. The quantitative estimate of drug-likeness (QED) is 0.509. The molecule has 0 spiro atoms. The van der Waals surface area contributed by atoms with Gasteiger partial charge in [-0.25, -0.2) is 4.99 Å². The summed E-state index contributed by atoms with van der Waals surface area (Å²) in [5.74, 6) is 0.836. The summed E-state index contributed by atoms with van der Waals surface area (Å²) >= 11 is 0. The molecule has 0 aliphatic carbocycles. The first-order chi connectivity index (χ1) is 12.8. The van der Waals surface area contributed by atoms with Gasteiger partial charge in [0.25, 0.3) is 0 Å². The topological polar surface area (TPSA) is 54.2 Å². The van der Waals surface area contributed by atoms with E-state index in [4.69, 9.17) is 4.99 Å². The summed E-state index contributed by atoms with van der Waals surface area (Å²) in [5, 5.41) is 6.68. The minimum atomic E-state index is 0.625. The van der Waals surface area contributed by atoms with Gasteiger partial charge in [0.15, 0.2) is 5.96 Å². The van der Waals surface area contributed by atoms with Crippen LogP contribution in [0.5, 0.6) is 0 Å². The number of hydrogen-bond acceptors (Lipinski definition) is 2. The van der Waals surface area contributed by atoms with Crippen LogP contribution >= 0.6 is 0 Å². The molecule has 26 heavy (non-hydrogen) atoms. The van der Waals surface area contributed by atoms with Crippen LogP contribution in [0.4, 0.5) is 0 Å². The maximum Gasteiger partial charge on any atom is 0.191 e. The number of aromatic nitrogens is 2. The van der Waals surface area contributed by atoms with Crippen LogP contribution < -0.4 is 10.6 Å². The lowest BCUT2D eigenvalue weighted by Crippen LogP contribution is -2.38. The van der Waals surface area contributed by atoms with Crippen LogP contribution in [0.2, 0.25) is 0 Å². The predicted octanol–water partition coefficient (Wildman–Crippen LogP) is 3.31. The van der Waals surface area contributed by atoms with Gasteiger partial charge in [-0.15, -0.1) is 0 Å². The van der Waals surface area contributed by atoms with E-state index >= 15 is 0 Å². The Bertz CT molecular complexity index is 809. The minimum absolute atomic E-state index is 0.625. The largest absolute Gasteiger partial charge is 0.357 e. The number of guanidine groups is 1. The van der Waals surface area contributed by atoms with Crippen LogP contribution in [0, 0.1) is 0 Å². The molecule has 0 unspecified atom stereocenters. The standard InChI is InChI=1S/C21H25N5/c1-2-22-21(24-12-15-26-13-5-6-14-26)25-17-18-8-7-9-19(16-18)20-10-3-4-11-23-20/h3-11,13-14,16H,2,12,15,17H2,1H3,(H2,22,24,25). The summed E-state index contributed by atoms with van der Waals surface area (Å²) in [6.07, 6.45) is 5.95. The molecule has 0 fully saturated rings. The van der Waals surface area contributed by atoms with Crippen LogP contribution in [0.15, 0.2) is 78.2 Å². The first-order valence-electron chi connectivity index (χ1n) is 8.98. The van der Waals surface area contributed by atoms with E-state index in [2.05, 4.69) is 63.8 Å². The fourth-order valence-corrected chi connectivity index (χ4v) is 2.70. The number of benzene rings is 1. The highest BCUT2D eigenvalue weighted by molar-refractivity contribution is 5.79. The van der Waals surface area contributed by atoms with Crippen LogP contribution in [0.25, 0.3) is 11.3 Å². The predicted molar refractivity (Wildman–Crippen MR) is 107 cm³/mol. The summed E-state index contributed by atoms with van der Waals surface area (Å²) in [7, 11) is 0. The number of pyridine rings is 1. The molecule has 0 saturated carbocycles. The molecule has 0 atom stereocenters. The molecule has 0 aliphatic rings. The van der Waals surface area contributed by atoms with Crippen LogP contribution in [0.1, 0.15) is 12.5 Å². The summed E-state index contributed by atoms with van der Waals surface area (Å²) in [4.78, 5) is 9.12. The molecule has 3 aromatic rings. The first-order valence-corrected chi connectivity index (χ1v) is 8.98. The van der Waals surface area contributed by atoms with E-state index in [0.717, 1.165) is 42.4 Å². The van der Waals surface area contributed by atoms with Crippen molar-refractivity contribution in [3.05, 3.63) is 78.8 Å². The first kappa shape index (κ1) is 17.7. The van der Waals surface area contributed by atoms with Crippen molar-refractivity contribution in [3.63, 3.8) is 0 Å². The normalized spacial score (nSPS) is 11.3. The smallest absolute Gasteiger partial charge is 0.191 e. The minimum Gasteiger partial charge on any atom is -0.357 e. The van der Waals surface area contributed by atoms with Crippen molar-refractivity contribution in [3.8, 4) is 11.3 Å². The van der Waals surface area contributed by atoms with Gasteiger partial charge < -0.3 is 15.2 Å². The monoisotopic (exact) mass is 347 g/mol. The summed E-state index contributed by atoms with van der Waals surface area (Å²) in [5.41, 5.74) is 3.26. The molecule has 5 nitrogen and oxygen atoms in total. The van der Waals surface area contributed by atoms with Crippen molar-refractivity contribution in [2.75, 3.05) is 13.1 Å². The van der Waals surface area contributed by atoms with Gasteiger partial charge in [0, 0.05) is 43.8 Å². The molecule has 3 rings (SSSR count). The molecule has 0 bridgehead atoms. The molecule has 5 heteroatoms. The Kier molecular flexibility index (Phi) is 6.42. The number of nitrogens with zero attached hydrogens (tertiary/aromatic N) is 3. The fraction of sp³-hybridized carbons (Fsp3) is 0.238. The molecular formula is C21H25N5. The number of hydrogen-bond donors (Lipinski definition) is 2. The van der Waals surface area contributed by atoms with E-state index < -0.39 is 0 Å². The molecule has 0 amide bonds. The third kappa shape index (κ3) is 5.21. The van der Waals surface area contributed by atoms with Gasteiger partial charge in [-0.1, -0.05) is 24.3 Å². The maximum atomic E-state index is 4.70. The van der Waals surface area contributed by atoms with Gasteiger partial charge in [-0.05, 0) is 42.8 Å². The number of aliphatic imine (C=N–C) groups is 1. The Labute approximate surface area is 154 Å². The molecule has 2 heterocycles. The molecule has 2 N–H and O–H groups in total. The van der Waals surface area contributed by atoms with E-state index in [-0.39, 0.29) is 0 Å². The average Bonchev–Trinajstić information content (AvgIpc) is 3.20. The van der Waals surface area contributed by atoms with Crippen molar-refractivity contribution in [2.45, 2.75) is 20.0 Å². The second-order valence-electron chi connectivity index (χ2n) is 5.96. The van der Waals surface area contributed by atoms with Crippen LogP contribution in [0.3, 0.4) is 0 Å². The SMILES string of the molecule is CCNC(=NCc1cccc(-c2ccccn2)c1)NCCn1cccc1. The molecule has 2 aromatic heterocycles. The zero-order valence-corrected chi connectivity index (χ0v) is 15.1. The highest BCUT2D eigenvalue weighted by atomic mass is 15.2. The van der Waals surface area contributed by atoms with Crippen molar-refractivity contribution in [2.24, 2.45) is 4.99 Å². The molecule has 134 valence electrons. The van der Waals surface area contributed by atoms with Gasteiger partial charge in [0.2, 0.25) is 0 Å². The highest BCUT2D eigenvalue weighted by Gasteiger charge is 2.01. The zero-order valence-electron chi connectivity index (χ0n) is 15.1. The number of rotatable bonds is 7. The molecule has 0 aliphatic heterocycles. The molecule has 0 radical (unpaired) electrons. The van der Waals surface area contributed by atoms with Gasteiger partial charge in [-0.3, -0.25) is 4.98 Å². The Morgan fingerprint density at radius 3 is 2.69 bits per heavy atom. The van der Waals surface area contributed by atoms with Gasteiger partial charge in [-0.2, -0.15) is 0 Å².